The van der Waals surface area contributed by atoms with Gasteiger partial charge in [0, 0.05) is 34.8 Å². The number of furan rings is 1. The first-order chi connectivity index (χ1) is 16.9. The molecule has 0 bridgehead atoms. The lowest BCUT2D eigenvalue weighted by atomic mass is 10.2. The predicted octanol–water partition coefficient (Wildman–Crippen LogP) is 6.11. The van der Waals surface area contributed by atoms with Crippen LogP contribution >= 0.6 is 23.4 Å². The molecule has 0 saturated heterocycles. The van der Waals surface area contributed by atoms with Gasteiger partial charge in [-0.3, -0.25) is 0 Å². The van der Waals surface area contributed by atoms with E-state index in [-0.39, 0.29) is 4.91 Å². The normalized spacial score (nSPS) is 11.5. The molecule has 4 aromatic rings. The third-order valence-corrected chi connectivity index (χ3v) is 6.30. The van der Waals surface area contributed by atoms with Crippen LogP contribution in [0.2, 0.25) is 5.02 Å². The Bertz CT molecular complexity index is 1370. The highest BCUT2D eigenvalue weighted by Gasteiger charge is 2.20. The minimum Gasteiger partial charge on any atom is -0.497 e. The Hall–Kier alpha value is -3.69. The van der Waals surface area contributed by atoms with Gasteiger partial charge in [0.2, 0.25) is 0 Å². The van der Waals surface area contributed by atoms with Crippen LogP contribution in [-0.2, 0) is 11.3 Å². The molecule has 0 unspecified atom stereocenters. The fourth-order valence-corrected chi connectivity index (χ4v) is 4.45. The van der Waals surface area contributed by atoms with E-state index in [0.717, 1.165) is 22.9 Å². The average Bonchev–Trinajstić information content (AvgIpc) is 3.50. The second-order valence-corrected chi connectivity index (χ2v) is 8.73. The first-order valence-electron chi connectivity index (χ1n) is 10.6. The molecule has 0 amide bonds. The summed E-state index contributed by atoms with van der Waals surface area (Å²) in [4.78, 5) is 12.1. The van der Waals surface area contributed by atoms with Crippen LogP contribution in [0.25, 0.3) is 28.8 Å². The van der Waals surface area contributed by atoms with Gasteiger partial charge in [-0.15, -0.1) is 10.2 Å². The Morgan fingerprint density at radius 3 is 2.46 bits per heavy atom. The monoisotopic (exact) mass is 511 g/mol. The summed E-state index contributed by atoms with van der Waals surface area (Å²) in [6.45, 7) is 2.46. The Kier molecular flexibility index (Phi) is 7.48. The quantitative estimate of drug-likeness (QED) is 0.212. The standard InChI is InChI=1S/C25H22ClN3O5S/c1-4-29-23(16-11-19(32-2)13-20(12-16)33-3)27-28-25(29)35-22(24(30)31)14-18-8-9-21(34-18)15-6-5-7-17(26)10-15/h5-14H,4H2,1-3H3,(H,30,31)/b22-14-. The van der Waals surface area contributed by atoms with E-state index in [1.807, 2.05) is 35.8 Å². The largest absolute Gasteiger partial charge is 0.497 e. The van der Waals surface area contributed by atoms with E-state index in [2.05, 4.69) is 10.2 Å². The zero-order valence-corrected chi connectivity index (χ0v) is 20.8. The number of thioether (sulfide) groups is 1. The minimum absolute atomic E-state index is 0.0360. The highest BCUT2D eigenvalue weighted by atomic mass is 35.5. The van der Waals surface area contributed by atoms with E-state index in [9.17, 15) is 9.90 Å². The van der Waals surface area contributed by atoms with Crippen molar-refractivity contribution in [2.24, 2.45) is 0 Å². The van der Waals surface area contributed by atoms with Gasteiger partial charge in [-0.05, 0) is 55.1 Å². The van der Waals surface area contributed by atoms with Crippen molar-refractivity contribution in [2.45, 2.75) is 18.6 Å². The van der Waals surface area contributed by atoms with Gasteiger partial charge in [-0.2, -0.15) is 0 Å². The summed E-state index contributed by atoms with van der Waals surface area (Å²) in [5, 5.41) is 19.4. The SMILES string of the molecule is CCn1c(S/C(=C\c2ccc(-c3cccc(Cl)c3)o2)C(=O)O)nnc1-c1cc(OC)cc(OC)c1. The molecule has 0 aliphatic rings. The van der Waals surface area contributed by atoms with Crippen molar-refractivity contribution in [1.29, 1.82) is 0 Å². The van der Waals surface area contributed by atoms with Crippen LogP contribution in [0.3, 0.4) is 0 Å². The molecular formula is C25H22ClN3O5S. The number of methoxy groups -OCH3 is 2. The van der Waals surface area contributed by atoms with Crippen LogP contribution in [0.4, 0.5) is 0 Å². The highest BCUT2D eigenvalue weighted by Crippen LogP contribution is 2.34. The molecular weight excluding hydrogens is 490 g/mol. The summed E-state index contributed by atoms with van der Waals surface area (Å²) in [5.41, 5.74) is 1.53. The van der Waals surface area contributed by atoms with Gasteiger partial charge in [0.05, 0.1) is 14.2 Å². The number of nitrogens with zero attached hydrogens (tertiary/aromatic N) is 3. The summed E-state index contributed by atoms with van der Waals surface area (Å²) in [7, 11) is 3.14. The van der Waals surface area contributed by atoms with Crippen LogP contribution in [-0.4, -0.2) is 40.1 Å². The van der Waals surface area contributed by atoms with Crippen molar-refractivity contribution in [3.63, 3.8) is 0 Å². The highest BCUT2D eigenvalue weighted by molar-refractivity contribution is 8.04. The molecule has 2 heterocycles. The van der Waals surface area contributed by atoms with E-state index >= 15 is 0 Å². The number of benzene rings is 2. The summed E-state index contributed by atoms with van der Waals surface area (Å²) in [5.74, 6) is 1.66. The number of halogens is 1. The van der Waals surface area contributed by atoms with Crippen molar-refractivity contribution in [1.82, 2.24) is 14.8 Å². The van der Waals surface area contributed by atoms with Gasteiger partial charge in [0.15, 0.2) is 11.0 Å². The number of aliphatic carboxylic acids is 1. The number of aromatic nitrogens is 3. The van der Waals surface area contributed by atoms with E-state index < -0.39 is 5.97 Å². The number of carbonyl (C=O) groups is 1. The van der Waals surface area contributed by atoms with E-state index in [4.69, 9.17) is 25.5 Å². The van der Waals surface area contributed by atoms with Gasteiger partial charge in [0.25, 0.3) is 0 Å². The van der Waals surface area contributed by atoms with E-state index in [1.54, 1.807) is 44.6 Å². The van der Waals surface area contributed by atoms with E-state index in [1.165, 1.54) is 6.08 Å². The number of carboxylic acid groups (broad SMARTS) is 1. The molecule has 4 rings (SSSR count). The third kappa shape index (κ3) is 5.52. The Labute approximate surface area is 211 Å². The van der Waals surface area contributed by atoms with Crippen molar-refractivity contribution in [3.8, 4) is 34.2 Å². The van der Waals surface area contributed by atoms with Crippen molar-refractivity contribution in [2.75, 3.05) is 14.2 Å². The van der Waals surface area contributed by atoms with Crippen LogP contribution in [0.15, 0.2) is 69.1 Å². The summed E-state index contributed by atoms with van der Waals surface area (Å²) in [6, 6.07) is 16.1. The fourth-order valence-electron chi connectivity index (χ4n) is 3.39. The van der Waals surface area contributed by atoms with Gasteiger partial charge in [-0.1, -0.05) is 23.7 Å². The Morgan fingerprint density at radius 2 is 1.83 bits per heavy atom. The maximum atomic E-state index is 12.0. The first kappa shape index (κ1) is 24.4. The number of rotatable bonds is 9. The van der Waals surface area contributed by atoms with Crippen LogP contribution in [0, 0.1) is 0 Å². The van der Waals surface area contributed by atoms with Crippen molar-refractivity contribution < 1.29 is 23.8 Å². The third-order valence-electron chi connectivity index (χ3n) is 5.06. The van der Waals surface area contributed by atoms with Gasteiger partial charge in [-0.25, -0.2) is 4.79 Å². The second-order valence-electron chi connectivity index (χ2n) is 7.28. The molecule has 0 spiro atoms. The van der Waals surface area contributed by atoms with Crippen molar-refractivity contribution >= 4 is 35.4 Å². The van der Waals surface area contributed by atoms with Gasteiger partial charge >= 0.3 is 5.97 Å². The molecule has 0 saturated carbocycles. The molecule has 0 radical (unpaired) electrons. The summed E-state index contributed by atoms with van der Waals surface area (Å²) < 4.78 is 18.4. The topological polar surface area (TPSA) is 99.6 Å². The lowest BCUT2D eigenvalue weighted by Crippen LogP contribution is -2.03. The zero-order chi connectivity index (χ0) is 24.9. The van der Waals surface area contributed by atoms with Gasteiger partial charge in [0.1, 0.15) is 27.9 Å². The predicted molar refractivity (Wildman–Crippen MR) is 135 cm³/mol. The minimum atomic E-state index is -1.11. The number of carboxylic acids is 1. The maximum absolute atomic E-state index is 12.0. The lowest BCUT2D eigenvalue weighted by molar-refractivity contribution is -0.131. The maximum Gasteiger partial charge on any atom is 0.342 e. The zero-order valence-electron chi connectivity index (χ0n) is 19.2. The Balaban J connectivity index is 1.65. The molecule has 0 aliphatic carbocycles. The fraction of sp³-hybridized carbons (Fsp3) is 0.160. The van der Waals surface area contributed by atoms with Crippen molar-refractivity contribution in [3.05, 3.63) is 70.3 Å². The first-order valence-corrected chi connectivity index (χ1v) is 11.8. The van der Waals surface area contributed by atoms with Crippen LogP contribution in [0.5, 0.6) is 11.5 Å². The molecule has 10 heteroatoms. The molecule has 35 heavy (non-hydrogen) atoms. The molecule has 2 aromatic carbocycles. The van der Waals surface area contributed by atoms with Crippen LogP contribution < -0.4 is 9.47 Å². The average molecular weight is 512 g/mol. The lowest BCUT2D eigenvalue weighted by Gasteiger charge is -2.10. The molecule has 1 N–H and O–H groups in total. The van der Waals surface area contributed by atoms with Crippen LogP contribution in [0.1, 0.15) is 12.7 Å². The summed E-state index contributed by atoms with van der Waals surface area (Å²) >= 11 is 7.06. The molecule has 8 nitrogen and oxygen atoms in total. The second kappa shape index (κ2) is 10.7. The molecule has 0 fully saturated rings. The number of hydrogen-bond acceptors (Lipinski definition) is 7. The smallest absolute Gasteiger partial charge is 0.342 e. The molecule has 0 atom stereocenters. The van der Waals surface area contributed by atoms with Gasteiger partial charge < -0.3 is 23.6 Å². The van der Waals surface area contributed by atoms with E-state index in [0.29, 0.717) is 45.6 Å². The Morgan fingerprint density at radius 1 is 1.09 bits per heavy atom. The summed E-state index contributed by atoms with van der Waals surface area (Å²) in [6.07, 6.45) is 1.46. The molecule has 2 aromatic heterocycles. The molecule has 0 aliphatic heterocycles. The molecule has 180 valence electrons. The number of hydrogen-bond donors (Lipinski definition) is 1. The number of ether oxygens (including phenoxy) is 2.